The zero-order chi connectivity index (χ0) is 13.4. The summed E-state index contributed by atoms with van der Waals surface area (Å²) in [4.78, 5) is 18.2. The highest BCUT2D eigenvalue weighted by Gasteiger charge is 2.23. The van der Waals surface area contributed by atoms with Gasteiger partial charge in [-0.25, -0.2) is 9.78 Å². The minimum absolute atomic E-state index is 0.169. The van der Waals surface area contributed by atoms with Crippen LogP contribution in [0, 0.1) is 6.92 Å². The quantitative estimate of drug-likeness (QED) is 0.913. The second-order valence-electron chi connectivity index (χ2n) is 4.59. The van der Waals surface area contributed by atoms with Crippen molar-refractivity contribution in [1.29, 1.82) is 0 Å². The highest BCUT2D eigenvalue weighted by molar-refractivity contribution is 7.15. The zero-order valence-corrected chi connectivity index (χ0v) is 11.4. The van der Waals surface area contributed by atoms with E-state index in [9.17, 15) is 4.79 Å². The molecular formula is C14H14N2O2S. The van der Waals surface area contributed by atoms with Crippen LogP contribution in [0.25, 0.3) is 0 Å². The van der Waals surface area contributed by atoms with Crippen LogP contribution in [0.5, 0.6) is 0 Å². The summed E-state index contributed by atoms with van der Waals surface area (Å²) in [6.07, 6.45) is 2.14. The summed E-state index contributed by atoms with van der Waals surface area (Å²) in [6, 6.07) is 8.25. The van der Waals surface area contributed by atoms with E-state index in [1.807, 2.05) is 12.1 Å². The Labute approximate surface area is 115 Å². The number of para-hydroxylation sites is 1. The van der Waals surface area contributed by atoms with Crippen molar-refractivity contribution >= 4 is 28.1 Å². The van der Waals surface area contributed by atoms with Gasteiger partial charge < -0.3 is 10.0 Å². The standard InChI is InChI=1S/C14H14N2O2S/c1-9-12(13(17)18)15-14(19-9)16-8-4-6-10-5-2-3-7-11(10)16/h2-3,5,7H,4,6,8H2,1H3,(H,17,18). The number of benzene rings is 1. The van der Waals surface area contributed by atoms with Gasteiger partial charge in [0.15, 0.2) is 10.8 Å². The average molecular weight is 274 g/mol. The lowest BCUT2D eigenvalue weighted by molar-refractivity contribution is 0.0690. The Morgan fingerprint density at radius 3 is 2.95 bits per heavy atom. The summed E-state index contributed by atoms with van der Waals surface area (Å²) in [7, 11) is 0. The first kappa shape index (κ1) is 12.2. The van der Waals surface area contributed by atoms with E-state index in [1.165, 1.54) is 16.9 Å². The fraction of sp³-hybridized carbons (Fsp3) is 0.286. The molecule has 1 aliphatic rings. The third-order valence-electron chi connectivity index (χ3n) is 3.33. The van der Waals surface area contributed by atoms with Crippen molar-refractivity contribution in [3.8, 4) is 0 Å². The van der Waals surface area contributed by atoms with E-state index in [-0.39, 0.29) is 5.69 Å². The Morgan fingerprint density at radius 2 is 2.21 bits per heavy atom. The van der Waals surface area contributed by atoms with Crippen molar-refractivity contribution in [3.63, 3.8) is 0 Å². The number of carboxylic acid groups (broad SMARTS) is 1. The van der Waals surface area contributed by atoms with Crippen LogP contribution >= 0.6 is 11.3 Å². The summed E-state index contributed by atoms with van der Waals surface area (Å²) in [5.74, 6) is -0.953. The predicted molar refractivity (Wildman–Crippen MR) is 75.6 cm³/mol. The molecule has 0 saturated heterocycles. The number of fused-ring (bicyclic) bond motifs is 1. The smallest absolute Gasteiger partial charge is 0.355 e. The first-order valence-electron chi connectivity index (χ1n) is 6.23. The van der Waals surface area contributed by atoms with Gasteiger partial charge in [-0.2, -0.15) is 0 Å². The van der Waals surface area contributed by atoms with E-state index in [2.05, 4.69) is 22.0 Å². The number of carboxylic acids is 1. The van der Waals surface area contributed by atoms with E-state index in [0.717, 1.165) is 35.1 Å². The topological polar surface area (TPSA) is 53.4 Å². The van der Waals surface area contributed by atoms with E-state index < -0.39 is 5.97 Å². The molecule has 98 valence electrons. The van der Waals surface area contributed by atoms with Gasteiger partial charge in [0, 0.05) is 17.1 Å². The lowest BCUT2D eigenvalue weighted by Crippen LogP contribution is -2.24. The third-order valence-corrected chi connectivity index (χ3v) is 4.32. The van der Waals surface area contributed by atoms with Gasteiger partial charge in [0.05, 0.1) is 0 Å². The molecular weight excluding hydrogens is 260 g/mol. The fourth-order valence-electron chi connectivity index (χ4n) is 2.43. The molecule has 0 bridgehead atoms. The van der Waals surface area contributed by atoms with Crippen molar-refractivity contribution in [2.24, 2.45) is 0 Å². The number of aromatic carboxylic acids is 1. The lowest BCUT2D eigenvalue weighted by Gasteiger charge is -2.28. The maximum atomic E-state index is 11.1. The van der Waals surface area contributed by atoms with Gasteiger partial charge in [0.25, 0.3) is 0 Å². The summed E-state index contributed by atoms with van der Waals surface area (Å²) in [5, 5.41) is 9.88. The Kier molecular flexibility index (Phi) is 2.98. The number of carbonyl (C=O) groups is 1. The fourth-order valence-corrected chi connectivity index (χ4v) is 3.37. The molecule has 1 aliphatic heterocycles. The molecule has 19 heavy (non-hydrogen) atoms. The van der Waals surface area contributed by atoms with Crippen LogP contribution < -0.4 is 4.90 Å². The molecule has 1 aromatic carbocycles. The van der Waals surface area contributed by atoms with E-state index in [1.54, 1.807) is 6.92 Å². The number of anilines is 2. The minimum Gasteiger partial charge on any atom is -0.476 e. The van der Waals surface area contributed by atoms with Gasteiger partial charge in [0.2, 0.25) is 0 Å². The Hall–Kier alpha value is -1.88. The minimum atomic E-state index is -0.953. The first-order chi connectivity index (χ1) is 9.16. The number of thiazole rings is 1. The lowest BCUT2D eigenvalue weighted by atomic mass is 10.0. The van der Waals surface area contributed by atoms with Gasteiger partial charge in [-0.15, -0.1) is 11.3 Å². The maximum absolute atomic E-state index is 11.1. The largest absolute Gasteiger partial charge is 0.476 e. The second kappa shape index (κ2) is 4.66. The molecule has 5 heteroatoms. The monoisotopic (exact) mass is 274 g/mol. The summed E-state index contributed by atoms with van der Waals surface area (Å²) >= 11 is 1.45. The second-order valence-corrected chi connectivity index (χ2v) is 5.77. The van der Waals surface area contributed by atoms with Crippen LogP contribution in [0.3, 0.4) is 0 Å². The van der Waals surface area contributed by atoms with Crippen LogP contribution in [0.15, 0.2) is 24.3 Å². The van der Waals surface area contributed by atoms with Crippen LogP contribution in [-0.4, -0.2) is 22.6 Å². The molecule has 0 saturated carbocycles. The number of nitrogens with zero attached hydrogens (tertiary/aromatic N) is 2. The molecule has 3 rings (SSSR count). The van der Waals surface area contributed by atoms with Crippen molar-refractivity contribution in [2.75, 3.05) is 11.4 Å². The van der Waals surface area contributed by atoms with Gasteiger partial charge in [-0.05, 0) is 31.4 Å². The highest BCUT2D eigenvalue weighted by atomic mass is 32.1. The molecule has 0 spiro atoms. The molecule has 2 aromatic rings. The molecule has 0 aliphatic carbocycles. The molecule has 0 fully saturated rings. The molecule has 0 radical (unpaired) electrons. The first-order valence-corrected chi connectivity index (χ1v) is 7.04. The van der Waals surface area contributed by atoms with Crippen LogP contribution in [0.4, 0.5) is 10.8 Å². The van der Waals surface area contributed by atoms with E-state index in [4.69, 9.17) is 5.11 Å². The molecule has 0 atom stereocenters. The summed E-state index contributed by atoms with van der Waals surface area (Å²) < 4.78 is 0. The molecule has 1 aromatic heterocycles. The Morgan fingerprint density at radius 1 is 1.42 bits per heavy atom. The average Bonchev–Trinajstić information content (AvgIpc) is 2.80. The molecule has 1 N–H and O–H groups in total. The number of hydrogen-bond acceptors (Lipinski definition) is 4. The predicted octanol–water partition coefficient (Wildman–Crippen LogP) is 3.23. The number of aromatic nitrogens is 1. The third kappa shape index (κ3) is 2.10. The Balaban J connectivity index is 2.04. The number of hydrogen-bond donors (Lipinski definition) is 1. The summed E-state index contributed by atoms with van der Waals surface area (Å²) in [6.45, 7) is 2.70. The van der Waals surface area contributed by atoms with Crippen molar-refractivity contribution in [1.82, 2.24) is 4.98 Å². The summed E-state index contributed by atoms with van der Waals surface area (Å²) in [5.41, 5.74) is 2.63. The number of rotatable bonds is 2. The highest BCUT2D eigenvalue weighted by Crippen LogP contribution is 2.36. The molecule has 0 unspecified atom stereocenters. The maximum Gasteiger partial charge on any atom is 0.355 e. The molecule has 4 nitrogen and oxygen atoms in total. The van der Waals surface area contributed by atoms with Gasteiger partial charge in [-0.1, -0.05) is 18.2 Å². The van der Waals surface area contributed by atoms with Crippen LogP contribution in [0.2, 0.25) is 0 Å². The van der Waals surface area contributed by atoms with Crippen LogP contribution in [-0.2, 0) is 6.42 Å². The number of aryl methyl sites for hydroxylation is 2. The van der Waals surface area contributed by atoms with Gasteiger partial charge >= 0.3 is 5.97 Å². The molecule has 2 heterocycles. The zero-order valence-electron chi connectivity index (χ0n) is 10.6. The van der Waals surface area contributed by atoms with E-state index >= 15 is 0 Å². The van der Waals surface area contributed by atoms with Crippen molar-refractivity contribution in [2.45, 2.75) is 19.8 Å². The van der Waals surface area contributed by atoms with E-state index in [0.29, 0.717) is 0 Å². The normalized spacial score (nSPS) is 14.3. The molecule has 0 amide bonds. The SMILES string of the molecule is Cc1sc(N2CCCc3ccccc32)nc1C(=O)O. The van der Waals surface area contributed by atoms with Crippen LogP contribution in [0.1, 0.15) is 27.3 Å². The van der Waals surface area contributed by atoms with Gasteiger partial charge in [-0.3, -0.25) is 0 Å². The van der Waals surface area contributed by atoms with Gasteiger partial charge in [0.1, 0.15) is 0 Å². The van der Waals surface area contributed by atoms with Crippen molar-refractivity contribution < 1.29 is 9.90 Å². The Bertz CT molecular complexity index is 636. The van der Waals surface area contributed by atoms with Crippen molar-refractivity contribution in [3.05, 3.63) is 40.4 Å².